The van der Waals surface area contributed by atoms with Gasteiger partial charge in [-0.3, -0.25) is 4.79 Å². The van der Waals surface area contributed by atoms with Crippen molar-refractivity contribution in [2.75, 3.05) is 25.1 Å². The second-order valence-corrected chi connectivity index (χ2v) is 7.45. The molecule has 0 atom stereocenters. The lowest BCUT2D eigenvalue weighted by Crippen LogP contribution is -2.14. The highest BCUT2D eigenvalue weighted by molar-refractivity contribution is 7.18. The zero-order chi connectivity index (χ0) is 21.9. The monoisotopic (exact) mass is 433 g/mol. The molecule has 0 spiro atoms. The largest absolute Gasteiger partial charge is 0.490 e. The Labute approximate surface area is 180 Å². The lowest BCUT2D eigenvalue weighted by atomic mass is 10.1. The third-order valence-electron chi connectivity index (χ3n) is 4.15. The van der Waals surface area contributed by atoms with E-state index in [2.05, 4.69) is 5.32 Å². The molecule has 7 nitrogen and oxygen atoms in total. The maximum absolute atomic E-state index is 12.5. The van der Waals surface area contributed by atoms with E-state index in [1.54, 1.807) is 13.8 Å². The van der Waals surface area contributed by atoms with Crippen molar-refractivity contribution in [3.05, 3.63) is 46.3 Å². The molecule has 0 radical (unpaired) electrons. The van der Waals surface area contributed by atoms with Crippen LogP contribution in [0.1, 0.15) is 58.7 Å². The Morgan fingerprint density at radius 2 is 1.73 bits per heavy atom. The van der Waals surface area contributed by atoms with E-state index >= 15 is 0 Å². The number of amides is 1. The van der Waals surface area contributed by atoms with Crippen LogP contribution < -0.4 is 10.1 Å². The minimum Gasteiger partial charge on any atom is -0.490 e. The Morgan fingerprint density at radius 3 is 2.40 bits per heavy atom. The summed E-state index contributed by atoms with van der Waals surface area (Å²) in [5.41, 5.74) is 0.623. The van der Waals surface area contributed by atoms with Gasteiger partial charge in [0.05, 0.1) is 12.2 Å². The summed E-state index contributed by atoms with van der Waals surface area (Å²) >= 11 is 1.02. The summed E-state index contributed by atoms with van der Waals surface area (Å²) in [6, 6.07) is 9.20. The number of hydrogen-bond donors (Lipinski definition) is 1. The van der Waals surface area contributed by atoms with E-state index < -0.39 is 11.9 Å². The van der Waals surface area contributed by atoms with Crippen molar-refractivity contribution in [3.63, 3.8) is 0 Å². The molecule has 2 rings (SSSR count). The number of rotatable bonds is 11. The molecule has 0 saturated carbocycles. The summed E-state index contributed by atoms with van der Waals surface area (Å²) in [5.74, 6) is -0.681. The fraction of sp³-hybridized carbons (Fsp3) is 0.409. The van der Waals surface area contributed by atoms with Gasteiger partial charge in [-0.2, -0.15) is 0 Å². The van der Waals surface area contributed by atoms with E-state index in [4.69, 9.17) is 14.2 Å². The highest BCUT2D eigenvalue weighted by Crippen LogP contribution is 2.34. The van der Waals surface area contributed by atoms with E-state index in [-0.39, 0.29) is 36.2 Å². The molecule has 8 heteroatoms. The number of carbonyl (C=O) groups is 3. The molecule has 2 aromatic rings. The first kappa shape index (κ1) is 23.4. The molecular weight excluding hydrogens is 406 g/mol. The zero-order valence-electron chi connectivity index (χ0n) is 17.5. The first-order valence-electron chi connectivity index (χ1n) is 9.93. The van der Waals surface area contributed by atoms with Crippen LogP contribution in [-0.2, 0) is 14.3 Å². The van der Waals surface area contributed by atoms with Crippen LogP contribution in [0, 0.1) is 6.92 Å². The highest BCUT2D eigenvalue weighted by atomic mass is 32.1. The van der Waals surface area contributed by atoms with Crippen molar-refractivity contribution in [2.24, 2.45) is 0 Å². The van der Waals surface area contributed by atoms with Crippen LogP contribution in [0.5, 0.6) is 5.75 Å². The molecule has 1 aromatic carbocycles. The molecule has 0 aliphatic heterocycles. The van der Waals surface area contributed by atoms with Gasteiger partial charge in [0, 0.05) is 6.42 Å². The summed E-state index contributed by atoms with van der Waals surface area (Å²) in [6.07, 6.45) is 1.96. The predicted octanol–water partition coefficient (Wildman–Crippen LogP) is 4.60. The van der Waals surface area contributed by atoms with Crippen molar-refractivity contribution >= 4 is 34.2 Å². The molecule has 0 aliphatic carbocycles. The summed E-state index contributed by atoms with van der Waals surface area (Å²) in [6.45, 7) is 5.77. The highest BCUT2D eigenvalue weighted by Gasteiger charge is 2.27. The Hall–Kier alpha value is -2.87. The van der Waals surface area contributed by atoms with Crippen molar-refractivity contribution in [2.45, 2.75) is 40.0 Å². The van der Waals surface area contributed by atoms with Gasteiger partial charge < -0.3 is 19.5 Å². The minimum absolute atomic E-state index is 0.0536. The molecule has 0 unspecified atom stereocenters. The summed E-state index contributed by atoms with van der Waals surface area (Å²) < 4.78 is 15.9. The molecule has 0 saturated heterocycles. The normalized spacial score (nSPS) is 10.4. The molecule has 1 heterocycles. The molecule has 1 N–H and O–H groups in total. The van der Waals surface area contributed by atoms with Crippen LogP contribution in [0.2, 0.25) is 0 Å². The van der Waals surface area contributed by atoms with Gasteiger partial charge in [-0.15, -0.1) is 11.3 Å². The van der Waals surface area contributed by atoms with E-state index in [0.717, 1.165) is 24.2 Å². The maximum Gasteiger partial charge on any atom is 0.348 e. The number of esters is 2. The number of anilines is 1. The topological polar surface area (TPSA) is 90.9 Å². The Kier molecular flexibility index (Phi) is 9.34. The number of unbranched alkanes of at least 4 members (excludes halogenated alkanes) is 1. The third-order valence-corrected chi connectivity index (χ3v) is 5.34. The maximum atomic E-state index is 12.5. The molecule has 30 heavy (non-hydrogen) atoms. The van der Waals surface area contributed by atoms with Crippen LogP contribution in [-0.4, -0.2) is 37.7 Å². The average Bonchev–Trinajstić information content (AvgIpc) is 3.06. The SMILES string of the molecule is CCCCC(=O)Nc1sc(C(=O)OCCOc2ccccc2)c(C)c1C(=O)OCC. The van der Waals surface area contributed by atoms with Crippen LogP contribution in [0.15, 0.2) is 30.3 Å². The van der Waals surface area contributed by atoms with Crippen molar-refractivity contribution in [1.82, 2.24) is 0 Å². The molecule has 162 valence electrons. The van der Waals surface area contributed by atoms with Crippen molar-refractivity contribution in [1.29, 1.82) is 0 Å². The second-order valence-electron chi connectivity index (χ2n) is 6.43. The lowest BCUT2D eigenvalue weighted by molar-refractivity contribution is -0.116. The molecule has 0 fully saturated rings. The lowest BCUT2D eigenvalue weighted by Gasteiger charge is -2.07. The smallest absolute Gasteiger partial charge is 0.348 e. The van der Waals surface area contributed by atoms with Crippen molar-refractivity contribution < 1.29 is 28.6 Å². The number of benzene rings is 1. The van der Waals surface area contributed by atoms with Crippen LogP contribution in [0.25, 0.3) is 0 Å². The summed E-state index contributed by atoms with van der Waals surface area (Å²) in [5, 5.41) is 3.04. The predicted molar refractivity (Wildman–Crippen MR) is 115 cm³/mol. The Bertz CT molecular complexity index is 862. The fourth-order valence-electron chi connectivity index (χ4n) is 2.65. The van der Waals surface area contributed by atoms with Gasteiger partial charge in [-0.1, -0.05) is 31.5 Å². The zero-order valence-corrected chi connectivity index (χ0v) is 18.3. The van der Waals surface area contributed by atoms with Gasteiger partial charge in [0.2, 0.25) is 5.91 Å². The van der Waals surface area contributed by atoms with Gasteiger partial charge in [0.25, 0.3) is 0 Å². The number of ether oxygens (including phenoxy) is 3. The number of hydrogen-bond acceptors (Lipinski definition) is 7. The average molecular weight is 434 g/mol. The van der Waals surface area contributed by atoms with Gasteiger partial charge >= 0.3 is 11.9 Å². The molecular formula is C22H27NO6S. The minimum atomic E-state index is -0.580. The van der Waals surface area contributed by atoms with E-state index in [0.29, 0.717) is 22.7 Å². The van der Waals surface area contributed by atoms with Crippen LogP contribution >= 0.6 is 11.3 Å². The number of para-hydroxylation sites is 1. The molecule has 0 aliphatic rings. The standard InChI is InChI=1S/C22H27NO6S/c1-4-6-12-17(24)23-20-18(21(25)27-5-2)15(3)19(30-20)22(26)29-14-13-28-16-10-8-7-9-11-16/h7-11H,4-6,12-14H2,1-3H3,(H,23,24). The van der Waals surface area contributed by atoms with Crippen molar-refractivity contribution in [3.8, 4) is 5.75 Å². The van der Waals surface area contributed by atoms with E-state index in [1.807, 2.05) is 37.3 Å². The first-order valence-corrected chi connectivity index (χ1v) is 10.7. The van der Waals surface area contributed by atoms with Gasteiger partial charge in [-0.25, -0.2) is 9.59 Å². The Balaban J connectivity index is 2.07. The summed E-state index contributed by atoms with van der Waals surface area (Å²) in [7, 11) is 0. The molecule has 1 amide bonds. The van der Waals surface area contributed by atoms with Crippen LogP contribution in [0.3, 0.4) is 0 Å². The first-order chi connectivity index (χ1) is 14.5. The Morgan fingerprint density at radius 1 is 1.00 bits per heavy atom. The quantitative estimate of drug-likeness (QED) is 0.411. The second kappa shape index (κ2) is 12.0. The summed E-state index contributed by atoms with van der Waals surface area (Å²) in [4.78, 5) is 37.3. The molecule has 1 aromatic heterocycles. The fourth-order valence-corrected chi connectivity index (χ4v) is 3.75. The molecule has 0 bridgehead atoms. The van der Waals surface area contributed by atoms with Gasteiger partial charge in [0.15, 0.2) is 0 Å². The number of carbonyl (C=O) groups excluding carboxylic acids is 3. The van der Waals surface area contributed by atoms with E-state index in [1.165, 1.54) is 0 Å². The third kappa shape index (κ3) is 6.59. The van der Waals surface area contributed by atoms with E-state index in [9.17, 15) is 14.4 Å². The van der Waals surface area contributed by atoms with Gasteiger partial charge in [-0.05, 0) is 38.0 Å². The number of nitrogens with one attached hydrogen (secondary N) is 1. The van der Waals surface area contributed by atoms with Crippen LogP contribution in [0.4, 0.5) is 5.00 Å². The van der Waals surface area contributed by atoms with Gasteiger partial charge in [0.1, 0.15) is 28.8 Å². The number of thiophene rings is 1.